The van der Waals surface area contributed by atoms with Gasteiger partial charge < -0.3 is 16.6 Å². The quantitative estimate of drug-likeness (QED) is 0.356. The van der Waals surface area contributed by atoms with Crippen LogP contribution in [-0.4, -0.2) is 40.4 Å². The highest BCUT2D eigenvalue weighted by Crippen LogP contribution is 2.08. The maximum absolute atomic E-state index is 10.4. The summed E-state index contributed by atoms with van der Waals surface area (Å²) in [7, 11) is 0. The van der Waals surface area contributed by atoms with Crippen LogP contribution in [0.2, 0.25) is 0 Å². The molecule has 0 amide bonds. The second-order valence-corrected chi connectivity index (χ2v) is 4.97. The number of unbranched alkanes of at least 4 members (excludes halogenated alkanes) is 1. The molecule has 4 nitrogen and oxygen atoms in total. The van der Waals surface area contributed by atoms with E-state index in [1.54, 1.807) is 11.8 Å². The van der Waals surface area contributed by atoms with Gasteiger partial charge in [0.1, 0.15) is 6.04 Å². The van der Waals surface area contributed by atoms with E-state index in [1.165, 1.54) is 0 Å². The average Bonchev–Trinajstić information content (AvgIpc) is 2.22. The fourth-order valence-electron chi connectivity index (χ4n) is 0.979. The predicted octanol–water partition coefficient (Wildman–Crippen LogP) is 0.559. The standard InChI is InChI=1S/C9H20N2O2S2/c10-7(5-14)6-15-4-2-1-3-8(11)9(12)13/h7-8,14H,1-6,10-11H2,(H,12,13)/t7-,8-/m0/s1. The number of hydrogen-bond donors (Lipinski definition) is 4. The molecule has 0 unspecified atom stereocenters. The van der Waals surface area contributed by atoms with E-state index in [0.717, 1.165) is 24.3 Å². The van der Waals surface area contributed by atoms with E-state index in [4.69, 9.17) is 16.6 Å². The molecule has 0 radical (unpaired) electrons. The summed E-state index contributed by atoms with van der Waals surface area (Å²) >= 11 is 5.87. The van der Waals surface area contributed by atoms with E-state index >= 15 is 0 Å². The summed E-state index contributed by atoms with van der Waals surface area (Å²) in [5.41, 5.74) is 11.0. The van der Waals surface area contributed by atoms with Crippen LogP contribution in [0, 0.1) is 0 Å². The van der Waals surface area contributed by atoms with Gasteiger partial charge in [-0.3, -0.25) is 4.79 Å². The zero-order valence-electron chi connectivity index (χ0n) is 8.76. The summed E-state index contributed by atoms with van der Waals surface area (Å²) in [5.74, 6) is 1.71. The zero-order chi connectivity index (χ0) is 11.7. The lowest BCUT2D eigenvalue weighted by molar-refractivity contribution is -0.138. The van der Waals surface area contributed by atoms with Gasteiger partial charge in [-0.05, 0) is 18.6 Å². The van der Waals surface area contributed by atoms with Gasteiger partial charge in [-0.25, -0.2) is 0 Å². The third-order valence-electron chi connectivity index (χ3n) is 1.94. The highest BCUT2D eigenvalue weighted by Gasteiger charge is 2.09. The molecule has 5 N–H and O–H groups in total. The van der Waals surface area contributed by atoms with E-state index in [9.17, 15) is 4.79 Å². The Kier molecular flexibility index (Phi) is 9.38. The van der Waals surface area contributed by atoms with Gasteiger partial charge in [0.15, 0.2) is 0 Å². The van der Waals surface area contributed by atoms with Crippen LogP contribution in [0.15, 0.2) is 0 Å². The first-order chi connectivity index (χ1) is 7.07. The molecule has 0 bridgehead atoms. The van der Waals surface area contributed by atoms with Crippen LogP contribution in [0.5, 0.6) is 0 Å². The van der Waals surface area contributed by atoms with E-state index in [-0.39, 0.29) is 6.04 Å². The van der Waals surface area contributed by atoms with Gasteiger partial charge in [0.25, 0.3) is 0 Å². The average molecular weight is 252 g/mol. The Balaban J connectivity index is 3.21. The molecule has 0 aromatic heterocycles. The molecule has 0 aliphatic rings. The lowest BCUT2D eigenvalue weighted by Gasteiger charge is -2.08. The number of carboxylic acids is 1. The molecule has 0 spiro atoms. The van der Waals surface area contributed by atoms with Crippen molar-refractivity contribution in [2.24, 2.45) is 11.5 Å². The summed E-state index contributed by atoms with van der Waals surface area (Å²) in [4.78, 5) is 10.4. The number of carboxylic acid groups (broad SMARTS) is 1. The number of nitrogens with two attached hydrogens (primary N) is 2. The number of rotatable bonds is 9. The van der Waals surface area contributed by atoms with Gasteiger partial charge in [-0.1, -0.05) is 6.42 Å². The Morgan fingerprint density at radius 2 is 2.07 bits per heavy atom. The van der Waals surface area contributed by atoms with Crippen molar-refractivity contribution in [2.75, 3.05) is 17.3 Å². The Hall–Kier alpha value is 0.0900. The Labute approximate surface area is 101 Å². The maximum Gasteiger partial charge on any atom is 0.320 e. The van der Waals surface area contributed by atoms with Crippen molar-refractivity contribution in [2.45, 2.75) is 31.3 Å². The maximum atomic E-state index is 10.4. The van der Waals surface area contributed by atoms with Crippen molar-refractivity contribution in [3.8, 4) is 0 Å². The van der Waals surface area contributed by atoms with Crippen molar-refractivity contribution in [1.29, 1.82) is 0 Å². The van der Waals surface area contributed by atoms with Gasteiger partial charge in [0.2, 0.25) is 0 Å². The monoisotopic (exact) mass is 252 g/mol. The van der Waals surface area contributed by atoms with Crippen LogP contribution >= 0.6 is 24.4 Å². The second-order valence-electron chi connectivity index (χ2n) is 3.46. The molecule has 0 rings (SSSR count). The third kappa shape index (κ3) is 9.04. The van der Waals surface area contributed by atoms with Crippen LogP contribution in [0.3, 0.4) is 0 Å². The van der Waals surface area contributed by atoms with Crippen LogP contribution in [0.4, 0.5) is 0 Å². The third-order valence-corrected chi connectivity index (χ3v) is 3.65. The molecule has 15 heavy (non-hydrogen) atoms. The number of thioether (sulfide) groups is 1. The Bertz CT molecular complexity index is 181. The van der Waals surface area contributed by atoms with Gasteiger partial charge in [-0.2, -0.15) is 24.4 Å². The largest absolute Gasteiger partial charge is 0.480 e. The predicted molar refractivity (Wildman–Crippen MR) is 68.6 cm³/mol. The summed E-state index contributed by atoms with van der Waals surface area (Å²) in [6, 6.07) is -0.561. The Morgan fingerprint density at radius 3 is 2.60 bits per heavy atom. The molecule has 6 heteroatoms. The minimum Gasteiger partial charge on any atom is -0.480 e. The van der Waals surface area contributed by atoms with E-state index in [2.05, 4.69) is 12.6 Å². The minimum atomic E-state index is -0.917. The lowest BCUT2D eigenvalue weighted by Crippen LogP contribution is -2.29. The van der Waals surface area contributed by atoms with Crippen molar-refractivity contribution >= 4 is 30.4 Å². The van der Waals surface area contributed by atoms with Gasteiger partial charge in [-0.15, -0.1) is 0 Å². The zero-order valence-corrected chi connectivity index (χ0v) is 10.5. The van der Waals surface area contributed by atoms with Crippen molar-refractivity contribution < 1.29 is 9.90 Å². The smallest absolute Gasteiger partial charge is 0.320 e. The molecule has 2 atom stereocenters. The molecule has 0 heterocycles. The minimum absolute atomic E-state index is 0.152. The van der Waals surface area contributed by atoms with Gasteiger partial charge in [0.05, 0.1) is 0 Å². The molecule has 0 aromatic carbocycles. The number of thiol groups is 1. The number of carbonyl (C=O) groups is 1. The number of aliphatic carboxylic acids is 1. The molecule has 0 aromatic rings. The fraction of sp³-hybridized carbons (Fsp3) is 0.889. The molecule has 0 saturated carbocycles. The first kappa shape index (κ1) is 15.1. The second kappa shape index (κ2) is 9.33. The SMILES string of the molecule is N[C@@H](CS)CSCCCC[C@H](N)C(=O)O. The van der Waals surface area contributed by atoms with Gasteiger partial charge in [0, 0.05) is 17.5 Å². The summed E-state index contributed by atoms with van der Waals surface area (Å²) in [6.45, 7) is 0. The first-order valence-corrected chi connectivity index (χ1v) is 6.79. The van der Waals surface area contributed by atoms with Crippen molar-refractivity contribution in [3.05, 3.63) is 0 Å². The topological polar surface area (TPSA) is 89.3 Å². The van der Waals surface area contributed by atoms with Crippen LogP contribution in [0.1, 0.15) is 19.3 Å². The van der Waals surface area contributed by atoms with E-state index in [0.29, 0.717) is 12.2 Å². The lowest BCUT2D eigenvalue weighted by atomic mass is 10.1. The molecule has 0 aliphatic carbocycles. The summed E-state index contributed by atoms with van der Waals surface area (Å²) in [5, 5.41) is 8.53. The highest BCUT2D eigenvalue weighted by atomic mass is 32.2. The molecule has 0 aliphatic heterocycles. The molecular weight excluding hydrogens is 232 g/mol. The highest BCUT2D eigenvalue weighted by molar-refractivity contribution is 7.99. The van der Waals surface area contributed by atoms with Gasteiger partial charge >= 0.3 is 5.97 Å². The van der Waals surface area contributed by atoms with Crippen LogP contribution in [0.25, 0.3) is 0 Å². The molecular formula is C9H20N2O2S2. The molecule has 90 valence electrons. The molecule has 0 saturated heterocycles. The molecule has 0 fully saturated rings. The van der Waals surface area contributed by atoms with E-state index < -0.39 is 12.0 Å². The number of hydrogen-bond acceptors (Lipinski definition) is 5. The summed E-state index contributed by atoms with van der Waals surface area (Å²) < 4.78 is 0. The van der Waals surface area contributed by atoms with Crippen LogP contribution < -0.4 is 11.5 Å². The van der Waals surface area contributed by atoms with Crippen molar-refractivity contribution in [3.63, 3.8) is 0 Å². The normalized spacial score (nSPS) is 14.9. The first-order valence-electron chi connectivity index (χ1n) is 5.00. The van der Waals surface area contributed by atoms with E-state index in [1.807, 2.05) is 0 Å². The fourth-order valence-corrected chi connectivity index (χ4v) is 2.28. The van der Waals surface area contributed by atoms with Crippen molar-refractivity contribution in [1.82, 2.24) is 0 Å². The van der Waals surface area contributed by atoms with Crippen LogP contribution in [-0.2, 0) is 4.79 Å². The summed E-state index contributed by atoms with van der Waals surface area (Å²) in [6.07, 6.45) is 2.40. The Morgan fingerprint density at radius 1 is 1.40 bits per heavy atom.